The molecule has 6 nitrogen and oxygen atoms in total. The first-order valence-corrected chi connectivity index (χ1v) is 7.85. The molecule has 3 N–H and O–H groups in total. The molecule has 22 heavy (non-hydrogen) atoms. The van der Waals surface area contributed by atoms with Crippen LogP contribution in [0.3, 0.4) is 0 Å². The molecule has 1 aliphatic rings. The van der Waals surface area contributed by atoms with Gasteiger partial charge in [-0.15, -0.1) is 12.4 Å². The highest BCUT2D eigenvalue weighted by Crippen LogP contribution is 2.15. The Morgan fingerprint density at radius 3 is 3.14 bits per heavy atom. The van der Waals surface area contributed by atoms with Gasteiger partial charge in [-0.1, -0.05) is 6.92 Å². The average Bonchev–Trinajstić information content (AvgIpc) is 3.02. The van der Waals surface area contributed by atoms with Crippen molar-refractivity contribution < 1.29 is 9.90 Å². The smallest absolute Gasteiger partial charge is 0.271 e. The van der Waals surface area contributed by atoms with Crippen molar-refractivity contribution in [2.24, 2.45) is 5.92 Å². The van der Waals surface area contributed by atoms with Crippen LogP contribution >= 0.6 is 12.4 Å². The molecule has 0 aromatic carbocycles. The minimum absolute atomic E-state index is 0. The lowest BCUT2D eigenvalue weighted by Gasteiger charge is -2.22. The van der Waals surface area contributed by atoms with Gasteiger partial charge in [0.2, 0.25) is 0 Å². The third-order valence-corrected chi connectivity index (χ3v) is 3.96. The van der Waals surface area contributed by atoms with Crippen molar-refractivity contribution in [2.75, 3.05) is 26.2 Å². The van der Waals surface area contributed by atoms with Crippen LogP contribution in [0.5, 0.6) is 0 Å². The summed E-state index contributed by atoms with van der Waals surface area (Å²) in [6, 6.07) is 2.13. The van der Waals surface area contributed by atoms with E-state index in [0.29, 0.717) is 24.2 Å². The van der Waals surface area contributed by atoms with Crippen LogP contribution in [0.25, 0.3) is 0 Å². The maximum absolute atomic E-state index is 12.0. The van der Waals surface area contributed by atoms with Crippen LogP contribution in [0.1, 0.15) is 49.1 Å². The van der Waals surface area contributed by atoms with E-state index < -0.39 is 0 Å². The Bertz CT molecular complexity index is 447. The van der Waals surface area contributed by atoms with E-state index in [1.54, 1.807) is 6.07 Å². The van der Waals surface area contributed by atoms with E-state index >= 15 is 0 Å². The lowest BCUT2D eigenvalue weighted by Crippen LogP contribution is -2.32. The molecule has 2 atom stereocenters. The number of piperidine rings is 1. The molecule has 0 radical (unpaired) electrons. The third kappa shape index (κ3) is 5.59. The lowest BCUT2D eigenvalue weighted by molar-refractivity contribution is 0.0945. The third-order valence-electron chi connectivity index (χ3n) is 3.96. The highest BCUT2D eigenvalue weighted by Gasteiger charge is 2.17. The van der Waals surface area contributed by atoms with Gasteiger partial charge >= 0.3 is 0 Å². The van der Waals surface area contributed by atoms with Crippen molar-refractivity contribution in [3.63, 3.8) is 0 Å². The molecule has 0 saturated carbocycles. The fourth-order valence-electron chi connectivity index (χ4n) is 2.56. The van der Waals surface area contributed by atoms with Crippen molar-refractivity contribution in [1.29, 1.82) is 0 Å². The van der Waals surface area contributed by atoms with Crippen LogP contribution in [-0.4, -0.2) is 47.0 Å². The standard InChI is InChI=1S/C15H26N4O2.ClH/c1-12(11-20)4-2-8-17-15(21)14-6-9-19(18-14)13-5-3-7-16-10-13;/h6,9,12-13,16,20H,2-5,7-8,10-11H2,1H3,(H,17,21);1H. The van der Waals surface area contributed by atoms with Gasteiger partial charge in [-0.2, -0.15) is 5.10 Å². The first-order chi connectivity index (χ1) is 10.2. The fourth-order valence-corrected chi connectivity index (χ4v) is 2.56. The Hall–Kier alpha value is -1.11. The topological polar surface area (TPSA) is 79.2 Å². The highest BCUT2D eigenvalue weighted by atomic mass is 35.5. The Labute approximate surface area is 138 Å². The molecule has 2 heterocycles. The number of carbonyl (C=O) groups is 1. The van der Waals surface area contributed by atoms with Crippen LogP contribution in [0.4, 0.5) is 0 Å². The number of nitrogens with zero attached hydrogens (tertiary/aromatic N) is 2. The summed E-state index contributed by atoms with van der Waals surface area (Å²) in [7, 11) is 0. The number of halogens is 1. The molecule has 1 aliphatic heterocycles. The van der Waals surface area contributed by atoms with Crippen LogP contribution in [0, 0.1) is 5.92 Å². The van der Waals surface area contributed by atoms with Gasteiger partial charge in [-0.05, 0) is 44.2 Å². The molecule has 1 aromatic rings. The summed E-state index contributed by atoms with van der Waals surface area (Å²) in [6.45, 7) is 4.82. The number of carbonyl (C=O) groups excluding carboxylic acids is 1. The predicted molar refractivity (Wildman–Crippen MR) is 88.4 cm³/mol. The Balaban J connectivity index is 0.00000242. The van der Waals surface area contributed by atoms with Gasteiger partial charge in [-0.25, -0.2) is 0 Å². The van der Waals surface area contributed by atoms with Gasteiger partial charge < -0.3 is 15.7 Å². The zero-order chi connectivity index (χ0) is 15.1. The summed E-state index contributed by atoms with van der Waals surface area (Å²) in [5.74, 6) is 0.175. The van der Waals surface area contributed by atoms with Crippen molar-refractivity contribution in [2.45, 2.75) is 38.6 Å². The number of hydrogen-bond donors (Lipinski definition) is 3. The summed E-state index contributed by atoms with van der Waals surface area (Å²) >= 11 is 0. The van der Waals surface area contributed by atoms with Gasteiger partial charge in [0.25, 0.3) is 5.91 Å². The number of amides is 1. The largest absolute Gasteiger partial charge is 0.396 e. The molecule has 2 rings (SSSR count). The molecule has 2 unspecified atom stereocenters. The number of aliphatic hydroxyl groups is 1. The first kappa shape index (κ1) is 18.9. The maximum Gasteiger partial charge on any atom is 0.271 e. The van der Waals surface area contributed by atoms with Crippen LogP contribution in [0.15, 0.2) is 12.3 Å². The summed E-state index contributed by atoms with van der Waals surface area (Å²) in [5.41, 5.74) is 0.482. The quantitative estimate of drug-likeness (QED) is 0.660. The van der Waals surface area contributed by atoms with E-state index in [2.05, 4.69) is 15.7 Å². The minimum Gasteiger partial charge on any atom is -0.396 e. The van der Waals surface area contributed by atoms with E-state index in [0.717, 1.165) is 38.8 Å². The monoisotopic (exact) mass is 330 g/mol. The molecular formula is C15H27ClN4O2. The van der Waals surface area contributed by atoms with E-state index in [9.17, 15) is 4.79 Å². The van der Waals surface area contributed by atoms with Crippen molar-refractivity contribution in [3.8, 4) is 0 Å². The Kier molecular flexibility index (Phi) is 8.45. The average molecular weight is 331 g/mol. The molecule has 1 saturated heterocycles. The minimum atomic E-state index is -0.117. The number of hydrogen-bond acceptors (Lipinski definition) is 4. The van der Waals surface area contributed by atoms with E-state index in [4.69, 9.17) is 5.11 Å². The Morgan fingerprint density at radius 2 is 2.45 bits per heavy atom. The first-order valence-electron chi connectivity index (χ1n) is 7.85. The number of nitrogens with one attached hydrogen (secondary N) is 2. The summed E-state index contributed by atoms with van der Waals surface area (Å²) in [5, 5.41) is 19.6. The zero-order valence-electron chi connectivity index (χ0n) is 13.1. The van der Waals surface area contributed by atoms with E-state index in [1.807, 2.05) is 17.8 Å². The molecule has 0 aliphatic carbocycles. The highest BCUT2D eigenvalue weighted by molar-refractivity contribution is 5.92. The maximum atomic E-state index is 12.0. The van der Waals surface area contributed by atoms with Gasteiger partial charge in [0.1, 0.15) is 5.69 Å². The van der Waals surface area contributed by atoms with E-state index in [-0.39, 0.29) is 24.9 Å². The summed E-state index contributed by atoms with van der Waals surface area (Å²) < 4.78 is 1.90. The number of aliphatic hydroxyl groups excluding tert-OH is 1. The Morgan fingerprint density at radius 1 is 1.64 bits per heavy atom. The molecule has 1 amide bonds. The summed E-state index contributed by atoms with van der Waals surface area (Å²) in [4.78, 5) is 12.0. The second-order valence-electron chi connectivity index (χ2n) is 5.87. The van der Waals surface area contributed by atoms with Gasteiger partial charge in [0.05, 0.1) is 6.04 Å². The second-order valence-corrected chi connectivity index (χ2v) is 5.87. The molecular weight excluding hydrogens is 304 g/mol. The van der Waals surface area contributed by atoms with Crippen molar-refractivity contribution in [1.82, 2.24) is 20.4 Å². The predicted octanol–water partition coefficient (Wildman–Crippen LogP) is 1.37. The normalized spacial score (nSPS) is 19.3. The van der Waals surface area contributed by atoms with E-state index in [1.165, 1.54) is 0 Å². The van der Waals surface area contributed by atoms with Crippen molar-refractivity contribution >= 4 is 18.3 Å². The van der Waals surface area contributed by atoms with Crippen molar-refractivity contribution in [3.05, 3.63) is 18.0 Å². The molecule has 0 spiro atoms. The zero-order valence-corrected chi connectivity index (χ0v) is 13.9. The number of aromatic nitrogens is 2. The molecule has 1 aromatic heterocycles. The molecule has 7 heteroatoms. The molecule has 1 fully saturated rings. The molecule has 126 valence electrons. The molecule has 0 bridgehead atoms. The van der Waals surface area contributed by atoms with Crippen LogP contribution < -0.4 is 10.6 Å². The second kappa shape index (κ2) is 9.82. The SMILES string of the molecule is CC(CO)CCCNC(=O)c1ccn(C2CCCNC2)n1.Cl. The fraction of sp³-hybridized carbons (Fsp3) is 0.733. The number of rotatable bonds is 7. The van der Waals surface area contributed by atoms with Gasteiger partial charge in [-0.3, -0.25) is 9.48 Å². The van der Waals surface area contributed by atoms with Crippen LogP contribution in [-0.2, 0) is 0 Å². The van der Waals surface area contributed by atoms with Gasteiger partial charge in [0, 0.05) is 25.9 Å². The summed E-state index contributed by atoms with van der Waals surface area (Å²) in [6.07, 6.45) is 5.93. The lowest BCUT2D eigenvalue weighted by atomic mass is 10.1. The van der Waals surface area contributed by atoms with Crippen LogP contribution in [0.2, 0.25) is 0 Å². The van der Waals surface area contributed by atoms with Gasteiger partial charge in [0.15, 0.2) is 0 Å².